The Balaban J connectivity index is 1.39. The molecule has 3 aromatic rings. The zero-order valence-corrected chi connectivity index (χ0v) is 19.8. The molecule has 0 radical (unpaired) electrons. The summed E-state index contributed by atoms with van der Waals surface area (Å²) in [5.74, 6) is 0.0513. The number of aryl methyl sites for hydroxylation is 1. The van der Waals surface area contributed by atoms with Gasteiger partial charge >= 0.3 is 0 Å². The molecule has 3 atom stereocenters. The number of nitrogens with one attached hydrogen (secondary N) is 2. The highest BCUT2D eigenvalue weighted by Crippen LogP contribution is 2.33. The molecule has 184 valence electrons. The third kappa shape index (κ3) is 5.01. The molecule has 2 aromatic heterocycles. The summed E-state index contributed by atoms with van der Waals surface area (Å²) < 4.78 is 7.47. The van der Waals surface area contributed by atoms with Crippen molar-refractivity contribution in [3.05, 3.63) is 71.7 Å². The minimum absolute atomic E-state index is 0.00963. The number of aliphatic hydroxyl groups excluding tert-OH is 1. The van der Waals surface area contributed by atoms with Gasteiger partial charge in [0.1, 0.15) is 12.3 Å². The summed E-state index contributed by atoms with van der Waals surface area (Å²) in [5.41, 5.74) is 2.29. The molecule has 2 aliphatic rings. The number of likely N-dealkylation sites (tertiary alicyclic amines) is 1. The van der Waals surface area contributed by atoms with Gasteiger partial charge in [-0.1, -0.05) is 0 Å². The molecular weight excluding hydrogens is 446 g/mol. The maximum Gasteiger partial charge on any atom is 0.254 e. The first-order chi connectivity index (χ1) is 17.0. The average molecular weight is 478 g/mol. The predicted octanol–water partition coefficient (Wildman–Crippen LogP) is 2.59. The van der Waals surface area contributed by atoms with Crippen LogP contribution in [0.3, 0.4) is 0 Å². The van der Waals surface area contributed by atoms with Crippen molar-refractivity contribution in [3.63, 3.8) is 0 Å². The van der Waals surface area contributed by atoms with E-state index in [1.54, 1.807) is 29.4 Å². The SMILES string of the molecule is Cc1coc(C2CCCN2C(=O)c2cc(C(=O)NCC(O)C3CCCN3)cc(-n3cccc3)c2)n1. The zero-order chi connectivity index (χ0) is 24.4. The van der Waals surface area contributed by atoms with E-state index >= 15 is 0 Å². The first kappa shape index (κ1) is 23.3. The number of aliphatic hydroxyl groups is 1. The van der Waals surface area contributed by atoms with Crippen LogP contribution in [-0.2, 0) is 0 Å². The molecule has 9 nitrogen and oxygen atoms in total. The summed E-state index contributed by atoms with van der Waals surface area (Å²) in [4.78, 5) is 32.9. The topological polar surface area (TPSA) is 113 Å². The number of aromatic nitrogens is 2. The predicted molar refractivity (Wildman–Crippen MR) is 129 cm³/mol. The van der Waals surface area contributed by atoms with Crippen molar-refractivity contribution in [2.75, 3.05) is 19.6 Å². The van der Waals surface area contributed by atoms with E-state index in [4.69, 9.17) is 4.42 Å². The van der Waals surface area contributed by atoms with E-state index in [9.17, 15) is 14.7 Å². The van der Waals surface area contributed by atoms with Gasteiger partial charge in [0.15, 0.2) is 0 Å². The summed E-state index contributed by atoms with van der Waals surface area (Å²) >= 11 is 0. The number of amides is 2. The maximum absolute atomic E-state index is 13.6. The Bertz CT molecular complexity index is 1180. The Morgan fingerprint density at radius 3 is 2.71 bits per heavy atom. The number of hydrogen-bond donors (Lipinski definition) is 3. The number of benzene rings is 1. The zero-order valence-electron chi connectivity index (χ0n) is 19.8. The van der Waals surface area contributed by atoms with Gasteiger partial charge in [0.2, 0.25) is 5.89 Å². The van der Waals surface area contributed by atoms with E-state index in [1.807, 2.05) is 36.0 Å². The fraction of sp³-hybridized carbons (Fsp3) is 0.423. The summed E-state index contributed by atoms with van der Waals surface area (Å²) in [5, 5.41) is 16.5. The van der Waals surface area contributed by atoms with Gasteiger partial charge in [-0.25, -0.2) is 4.98 Å². The van der Waals surface area contributed by atoms with Crippen molar-refractivity contribution < 1.29 is 19.1 Å². The molecule has 0 spiro atoms. The second-order valence-electron chi connectivity index (χ2n) is 9.32. The summed E-state index contributed by atoms with van der Waals surface area (Å²) in [7, 11) is 0. The smallest absolute Gasteiger partial charge is 0.254 e. The molecule has 0 saturated carbocycles. The monoisotopic (exact) mass is 477 g/mol. The van der Waals surface area contributed by atoms with Gasteiger partial charge in [0.25, 0.3) is 11.8 Å². The average Bonchev–Trinajstić information content (AvgIpc) is 3.68. The van der Waals surface area contributed by atoms with Crippen LogP contribution in [0.5, 0.6) is 0 Å². The standard InChI is InChI=1S/C26H31N5O4/c1-17-16-35-25(29-17)22-7-5-11-31(22)26(34)19-12-18(13-20(14-19)30-9-2-3-10-30)24(33)28-15-23(32)21-6-4-8-27-21/h2-3,9-10,12-14,16,21-23,27,32H,4-8,11,15H2,1H3,(H,28,33). The third-order valence-electron chi connectivity index (χ3n) is 6.80. The summed E-state index contributed by atoms with van der Waals surface area (Å²) in [6.45, 7) is 3.48. The number of rotatable bonds is 7. The van der Waals surface area contributed by atoms with Gasteiger partial charge < -0.3 is 29.6 Å². The van der Waals surface area contributed by atoms with Crippen LogP contribution >= 0.6 is 0 Å². The second-order valence-corrected chi connectivity index (χ2v) is 9.32. The van der Waals surface area contributed by atoms with E-state index in [0.29, 0.717) is 29.2 Å². The van der Waals surface area contributed by atoms with Gasteiger partial charge in [0, 0.05) is 48.3 Å². The second kappa shape index (κ2) is 10.1. The van der Waals surface area contributed by atoms with Gasteiger partial charge in [-0.05, 0) is 69.5 Å². The lowest BCUT2D eigenvalue weighted by Gasteiger charge is -2.23. The molecule has 0 aliphatic carbocycles. The van der Waals surface area contributed by atoms with Crippen molar-refractivity contribution >= 4 is 11.8 Å². The first-order valence-electron chi connectivity index (χ1n) is 12.2. The Labute approximate surface area is 204 Å². The van der Waals surface area contributed by atoms with Crippen LogP contribution in [0, 0.1) is 6.92 Å². The fourth-order valence-electron chi connectivity index (χ4n) is 4.96. The van der Waals surface area contributed by atoms with Crippen LogP contribution in [0.25, 0.3) is 5.69 Å². The molecule has 3 unspecified atom stereocenters. The molecule has 4 heterocycles. The van der Waals surface area contributed by atoms with E-state index in [2.05, 4.69) is 15.6 Å². The van der Waals surface area contributed by atoms with Crippen LogP contribution in [0.1, 0.15) is 64.0 Å². The number of carbonyl (C=O) groups is 2. The Kier molecular flexibility index (Phi) is 6.70. The van der Waals surface area contributed by atoms with Crippen molar-refractivity contribution in [3.8, 4) is 5.69 Å². The minimum Gasteiger partial charge on any atom is -0.446 e. The third-order valence-corrected chi connectivity index (χ3v) is 6.80. The highest BCUT2D eigenvalue weighted by molar-refractivity contribution is 6.00. The normalized spacial score (nSPS) is 20.8. The van der Waals surface area contributed by atoms with Crippen LogP contribution < -0.4 is 10.6 Å². The minimum atomic E-state index is -0.662. The van der Waals surface area contributed by atoms with E-state index in [0.717, 1.165) is 37.9 Å². The van der Waals surface area contributed by atoms with Crippen LogP contribution in [0.15, 0.2) is 53.4 Å². The number of carbonyl (C=O) groups excluding carboxylic acids is 2. The Morgan fingerprint density at radius 1 is 1.20 bits per heavy atom. The molecule has 35 heavy (non-hydrogen) atoms. The highest BCUT2D eigenvalue weighted by Gasteiger charge is 2.34. The van der Waals surface area contributed by atoms with Crippen molar-refractivity contribution in [2.24, 2.45) is 0 Å². The van der Waals surface area contributed by atoms with Gasteiger partial charge in [-0.3, -0.25) is 9.59 Å². The first-order valence-corrected chi connectivity index (χ1v) is 12.2. The Morgan fingerprint density at radius 2 is 2.00 bits per heavy atom. The Hall–Kier alpha value is -3.43. The molecule has 2 fully saturated rings. The lowest BCUT2D eigenvalue weighted by molar-refractivity contribution is 0.0715. The summed E-state index contributed by atoms with van der Waals surface area (Å²) in [6.07, 6.45) is 8.22. The van der Waals surface area contributed by atoms with Crippen molar-refractivity contribution in [1.29, 1.82) is 0 Å². The van der Waals surface area contributed by atoms with Crippen LogP contribution in [0.2, 0.25) is 0 Å². The van der Waals surface area contributed by atoms with Crippen LogP contribution in [0.4, 0.5) is 0 Å². The summed E-state index contributed by atoms with van der Waals surface area (Å²) in [6, 6.07) is 8.72. The van der Waals surface area contributed by atoms with Gasteiger partial charge in [-0.15, -0.1) is 0 Å². The quantitative estimate of drug-likeness (QED) is 0.482. The molecule has 3 N–H and O–H groups in total. The maximum atomic E-state index is 13.6. The molecule has 2 aliphatic heterocycles. The fourth-order valence-corrected chi connectivity index (χ4v) is 4.96. The van der Waals surface area contributed by atoms with E-state index < -0.39 is 6.10 Å². The lowest BCUT2D eigenvalue weighted by atomic mass is 10.1. The molecule has 9 heteroatoms. The molecule has 2 amide bonds. The van der Waals surface area contributed by atoms with Crippen molar-refractivity contribution in [1.82, 2.24) is 25.1 Å². The van der Waals surface area contributed by atoms with Crippen molar-refractivity contribution in [2.45, 2.75) is 50.8 Å². The highest BCUT2D eigenvalue weighted by atomic mass is 16.3. The molecule has 2 saturated heterocycles. The van der Waals surface area contributed by atoms with Gasteiger partial charge in [0.05, 0.1) is 11.8 Å². The van der Waals surface area contributed by atoms with E-state index in [1.165, 1.54) is 0 Å². The van der Waals surface area contributed by atoms with Gasteiger partial charge in [-0.2, -0.15) is 0 Å². The molecule has 0 bridgehead atoms. The molecular formula is C26H31N5O4. The molecule has 1 aromatic carbocycles. The number of oxazole rings is 1. The molecule has 5 rings (SSSR count). The number of nitrogens with zero attached hydrogens (tertiary/aromatic N) is 3. The van der Waals surface area contributed by atoms with E-state index in [-0.39, 0.29) is 30.4 Å². The number of hydrogen-bond acceptors (Lipinski definition) is 6. The van der Waals surface area contributed by atoms with Crippen LogP contribution in [-0.4, -0.2) is 63.2 Å². The largest absolute Gasteiger partial charge is 0.446 e. The lowest BCUT2D eigenvalue weighted by Crippen LogP contribution is -2.43.